The molecule has 4 nitrogen and oxygen atoms in total. The van der Waals surface area contributed by atoms with Crippen molar-refractivity contribution in [1.82, 2.24) is 14.4 Å². The molecule has 2 atom stereocenters. The summed E-state index contributed by atoms with van der Waals surface area (Å²) in [5, 5.41) is 0. The van der Waals surface area contributed by atoms with E-state index in [9.17, 15) is 4.79 Å². The van der Waals surface area contributed by atoms with Gasteiger partial charge in [0, 0.05) is 44.1 Å². The first-order chi connectivity index (χ1) is 9.51. The highest BCUT2D eigenvalue weighted by atomic mass is 16.2. The Hall–Kier alpha value is -1.29. The van der Waals surface area contributed by atoms with Crippen molar-refractivity contribution in [2.24, 2.45) is 11.8 Å². The standard InChI is InChI=1S/C16H25N3O/c1-5-19-11(2)6-15(12(19)3)16(20)18-9-13-7-17(4)8-14(13)10-18/h6,13-14H,5,7-10H2,1-4H3/t13-,14+. The molecule has 0 saturated carbocycles. The van der Waals surface area contributed by atoms with Crippen LogP contribution >= 0.6 is 0 Å². The maximum Gasteiger partial charge on any atom is 0.255 e. The molecule has 1 aromatic rings. The first-order valence-corrected chi connectivity index (χ1v) is 7.65. The molecule has 0 spiro atoms. The number of nitrogens with zero attached hydrogens (tertiary/aromatic N) is 3. The lowest BCUT2D eigenvalue weighted by atomic mass is 10.0. The van der Waals surface area contributed by atoms with E-state index in [-0.39, 0.29) is 5.91 Å². The van der Waals surface area contributed by atoms with Crippen LogP contribution in [-0.2, 0) is 6.54 Å². The van der Waals surface area contributed by atoms with Gasteiger partial charge in [0.2, 0.25) is 0 Å². The van der Waals surface area contributed by atoms with Gasteiger partial charge in [0.05, 0.1) is 5.56 Å². The Morgan fingerprint density at radius 2 is 1.80 bits per heavy atom. The molecule has 110 valence electrons. The van der Waals surface area contributed by atoms with E-state index in [2.05, 4.69) is 48.3 Å². The van der Waals surface area contributed by atoms with Crippen molar-refractivity contribution in [3.63, 3.8) is 0 Å². The lowest BCUT2D eigenvalue weighted by Gasteiger charge is -2.19. The molecule has 0 N–H and O–H groups in total. The van der Waals surface area contributed by atoms with Gasteiger partial charge in [-0.1, -0.05) is 0 Å². The van der Waals surface area contributed by atoms with Gasteiger partial charge in [-0.15, -0.1) is 0 Å². The zero-order valence-corrected chi connectivity index (χ0v) is 13.0. The fraction of sp³-hybridized carbons (Fsp3) is 0.688. The maximum atomic E-state index is 12.8. The van der Waals surface area contributed by atoms with Crippen LogP contribution in [0.1, 0.15) is 28.7 Å². The second-order valence-electron chi connectivity index (χ2n) is 6.48. The van der Waals surface area contributed by atoms with E-state index in [1.165, 1.54) is 5.69 Å². The monoisotopic (exact) mass is 275 g/mol. The third-order valence-electron chi connectivity index (χ3n) is 5.08. The van der Waals surface area contributed by atoms with Crippen LogP contribution < -0.4 is 0 Å². The molecule has 2 saturated heterocycles. The van der Waals surface area contributed by atoms with Crippen LogP contribution in [0, 0.1) is 25.7 Å². The Morgan fingerprint density at radius 3 is 2.30 bits per heavy atom. The van der Waals surface area contributed by atoms with Crippen LogP contribution in [0.25, 0.3) is 0 Å². The summed E-state index contributed by atoms with van der Waals surface area (Å²) in [6.45, 7) is 11.4. The molecule has 2 aliphatic heterocycles. The van der Waals surface area contributed by atoms with E-state index < -0.39 is 0 Å². The number of rotatable bonds is 2. The van der Waals surface area contributed by atoms with Crippen LogP contribution in [0.15, 0.2) is 6.07 Å². The summed E-state index contributed by atoms with van der Waals surface area (Å²) >= 11 is 0. The van der Waals surface area contributed by atoms with Crippen molar-refractivity contribution in [3.8, 4) is 0 Å². The largest absolute Gasteiger partial charge is 0.349 e. The lowest BCUT2D eigenvalue weighted by Crippen LogP contribution is -2.32. The van der Waals surface area contributed by atoms with Gasteiger partial charge in [-0.25, -0.2) is 0 Å². The number of aromatic nitrogens is 1. The van der Waals surface area contributed by atoms with Crippen LogP contribution in [-0.4, -0.2) is 53.5 Å². The fourth-order valence-corrected chi connectivity index (χ4v) is 4.07. The van der Waals surface area contributed by atoms with Gasteiger partial charge in [-0.3, -0.25) is 4.79 Å². The SMILES string of the molecule is CCn1c(C)cc(C(=O)N2C[C@H]3CN(C)C[C@H]3C2)c1C. The Kier molecular flexibility index (Phi) is 3.36. The molecule has 0 aliphatic carbocycles. The maximum absolute atomic E-state index is 12.8. The summed E-state index contributed by atoms with van der Waals surface area (Å²) in [5.74, 6) is 1.59. The summed E-state index contributed by atoms with van der Waals surface area (Å²) in [6.07, 6.45) is 0. The van der Waals surface area contributed by atoms with Crippen LogP contribution in [0.4, 0.5) is 0 Å². The second-order valence-corrected chi connectivity index (χ2v) is 6.48. The minimum Gasteiger partial charge on any atom is -0.349 e. The number of fused-ring (bicyclic) bond motifs is 1. The van der Waals surface area contributed by atoms with E-state index in [0.717, 1.165) is 44.0 Å². The lowest BCUT2D eigenvalue weighted by molar-refractivity contribution is 0.0775. The molecule has 1 amide bonds. The summed E-state index contributed by atoms with van der Waals surface area (Å²) < 4.78 is 2.22. The van der Waals surface area contributed by atoms with E-state index in [0.29, 0.717) is 11.8 Å². The molecular formula is C16H25N3O. The van der Waals surface area contributed by atoms with Gasteiger partial charge in [0.1, 0.15) is 0 Å². The molecule has 20 heavy (non-hydrogen) atoms. The van der Waals surface area contributed by atoms with Gasteiger partial charge in [-0.05, 0) is 45.7 Å². The Labute approximate surface area is 121 Å². The highest BCUT2D eigenvalue weighted by molar-refractivity contribution is 5.96. The molecular weight excluding hydrogens is 250 g/mol. The van der Waals surface area contributed by atoms with Gasteiger partial charge < -0.3 is 14.4 Å². The summed E-state index contributed by atoms with van der Waals surface area (Å²) in [6, 6.07) is 2.06. The summed E-state index contributed by atoms with van der Waals surface area (Å²) in [4.78, 5) is 17.2. The molecule has 0 aromatic carbocycles. The molecule has 1 aromatic heterocycles. The average molecular weight is 275 g/mol. The number of likely N-dealkylation sites (tertiary alicyclic amines) is 2. The van der Waals surface area contributed by atoms with Crippen molar-refractivity contribution in [2.45, 2.75) is 27.3 Å². The molecule has 3 heterocycles. The minimum atomic E-state index is 0.231. The quantitative estimate of drug-likeness (QED) is 0.823. The highest BCUT2D eigenvalue weighted by Gasteiger charge is 2.40. The number of carbonyl (C=O) groups is 1. The first kappa shape index (κ1) is 13.7. The fourth-order valence-electron chi connectivity index (χ4n) is 4.07. The minimum absolute atomic E-state index is 0.231. The molecule has 0 bridgehead atoms. The number of aryl methyl sites for hydroxylation is 1. The average Bonchev–Trinajstić information content (AvgIpc) is 3.00. The van der Waals surface area contributed by atoms with Crippen molar-refractivity contribution >= 4 is 5.91 Å². The summed E-state index contributed by atoms with van der Waals surface area (Å²) in [5.41, 5.74) is 3.20. The molecule has 0 radical (unpaired) electrons. The molecule has 2 aliphatic rings. The number of hydrogen-bond donors (Lipinski definition) is 0. The van der Waals surface area contributed by atoms with E-state index in [1.807, 2.05) is 0 Å². The first-order valence-electron chi connectivity index (χ1n) is 7.65. The topological polar surface area (TPSA) is 28.5 Å². The number of carbonyl (C=O) groups excluding carboxylic acids is 1. The Morgan fingerprint density at radius 1 is 1.20 bits per heavy atom. The second kappa shape index (κ2) is 4.92. The van der Waals surface area contributed by atoms with Crippen LogP contribution in [0.2, 0.25) is 0 Å². The van der Waals surface area contributed by atoms with E-state index >= 15 is 0 Å². The van der Waals surface area contributed by atoms with Crippen molar-refractivity contribution in [1.29, 1.82) is 0 Å². The third kappa shape index (κ3) is 2.06. The zero-order valence-electron chi connectivity index (χ0n) is 13.0. The Balaban J connectivity index is 1.78. The third-order valence-corrected chi connectivity index (χ3v) is 5.08. The molecule has 4 heteroatoms. The smallest absolute Gasteiger partial charge is 0.255 e. The normalized spacial score (nSPS) is 26.3. The summed E-state index contributed by atoms with van der Waals surface area (Å²) in [7, 11) is 2.18. The van der Waals surface area contributed by atoms with Crippen molar-refractivity contribution in [2.75, 3.05) is 33.2 Å². The van der Waals surface area contributed by atoms with Gasteiger partial charge in [-0.2, -0.15) is 0 Å². The molecule has 2 fully saturated rings. The van der Waals surface area contributed by atoms with E-state index in [4.69, 9.17) is 0 Å². The van der Waals surface area contributed by atoms with E-state index in [1.54, 1.807) is 0 Å². The van der Waals surface area contributed by atoms with Gasteiger partial charge in [0.25, 0.3) is 5.91 Å². The van der Waals surface area contributed by atoms with Crippen LogP contribution in [0.5, 0.6) is 0 Å². The highest BCUT2D eigenvalue weighted by Crippen LogP contribution is 2.31. The predicted molar refractivity (Wildman–Crippen MR) is 80.0 cm³/mol. The molecule has 3 rings (SSSR count). The van der Waals surface area contributed by atoms with Crippen LogP contribution in [0.3, 0.4) is 0 Å². The predicted octanol–water partition coefficient (Wildman–Crippen LogP) is 1.76. The number of hydrogen-bond acceptors (Lipinski definition) is 2. The molecule has 0 unspecified atom stereocenters. The van der Waals surface area contributed by atoms with Crippen molar-refractivity contribution in [3.05, 3.63) is 23.0 Å². The Bertz CT molecular complexity index is 520. The van der Waals surface area contributed by atoms with Gasteiger partial charge >= 0.3 is 0 Å². The number of amides is 1. The zero-order chi connectivity index (χ0) is 14.4. The van der Waals surface area contributed by atoms with Gasteiger partial charge in [0.15, 0.2) is 0 Å². The van der Waals surface area contributed by atoms with Crippen molar-refractivity contribution < 1.29 is 4.79 Å².